The molecule has 0 spiro atoms. The summed E-state index contributed by atoms with van der Waals surface area (Å²) in [6.45, 7) is 15.6. The molecule has 3 heterocycles. The molecule has 0 bridgehead atoms. The van der Waals surface area contributed by atoms with E-state index in [1.54, 1.807) is 0 Å². The Kier molecular flexibility index (Phi) is 4.58. The first-order chi connectivity index (χ1) is 11.3. The Balaban J connectivity index is 1.59. The lowest BCUT2D eigenvalue weighted by Gasteiger charge is -2.35. The van der Waals surface area contributed by atoms with Crippen molar-refractivity contribution in [2.24, 2.45) is 0 Å². The van der Waals surface area contributed by atoms with Crippen LogP contribution in [-0.4, -0.2) is 50.8 Å². The molecule has 0 atom stereocenters. The van der Waals surface area contributed by atoms with E-state index in [1.165, 1.54) is 5.56 Å². The lowest BCUT2D eigenvalue weighted by Crippen LogP contribution is -2.46. The summed E-state index contributed by atoms with van der Waals surface area (Å²) in [5.74, 6) is 1.04. The van der Waals surface area contributed by atoms with Crippen LogP contribution in [0.2, 0.25) is 0 Å². The molecule has 0 saturated carbocycles. The van der Waals surface area contributed by atoms with E-state index < -0.39 is 0 Å². The lowest BCUT2D eigenvalue weighted by atomic mass is 10.1. The molecule has 130 valence electrons. The second kappa shape index (κ2) is 6.51. The molecule has 0 amide bonds. The fourth-order valence-corrected chi connectivity index (χ4v) is 3.01. The van der Waals surface area contributed by atoms with Gasteiger partial charge in [-0.25, -0.2) is 4.98 Å². The fraction of sp³-hybridized carbons (Fsp3) is 0.611. The Labute approximate surface area is 144 Å². The normalized spacial score (nSPS) is 16.6. The van der Waals surface area contributed by atoms with Gasteiger partial charge >= 0.3 is 0 Å². The third kappa shape index (κ3) is 3.75. The fourth-order valence-electron chi connectivity index (χ4n) is 3.01. The summed E-state index contributed by atoms with van der Waals surface area (Å²) in [6, 6.07) is 0. The Morgan fingerprint density at radius 3 is 2.38 bits per heavy atom. The van der Waals surface area contributed by atoms with Crippen LogP contribution in [0.1, 0.15) is 37.7 Å². The molecule has 3 rings (SSSR count). The van der Waals surface area contributed by atoms with Crippen LogP contribution in [0.25, 0.3) is 0 Å². The standard InChI is InChI=1S/C18H28N6/c1-14-10-19-15(2)17(21-14)23-8-6-22(7-9-23)12-16-11-20-24(13-16)18(3,4)5/h10-11,13H,6-9,12H2,1-5H3. The number of anilines is 1. The van der Waals surface area contributed by atoms with Gasteiger partial charge in [-0.05, 0) is 34.6 Å². The van der Waals surface area contributed by atoms with Crippen LogP contribution in [0.15, 0.2) is 18.6 Å². The average Bonchev–Trinajstić information content (AvgIpc) is 2.99. The first-order valence-electron chi connectivity index (χ1n) is 8.64. The van der Waals surface area contributed by atoms with Gasteiger partial charge in [-0.15, -0.1) is 0 Å². The Morgan fingerprint density at radius 1 is 1.04 bits per heavy atom. The van der Waals surface area contributed by atoms with Gasteiger partial charge in [0.05, 0.1) is 23.1 Å². The predicted octanol–water partition coefficient (Wildman–Crippen LogP) is 2.37. The Hall–Kier alpha value is -1.95. The molecule has 1 saturated heterocycles. The van der Waals surface area contributed by atoms with Gasteiger partial charge in [0, 0.05) is 50.7 Å². The minimum Gasteiger partial charge on any atom is -0.353 e. The number of rotatable bonds is 3. The zero-order chi connectivity index (χ0) is 17.3. The summed E-state index contributed by atoms with van der Waals surface area (Å²) < 4.78 is 2.05. The molecule has 0 aromatic carbocycles. The van der Waals surface area contributed by atoms with Gasteiger partial charge < -0.3 is 4.90 Å². The summed E-state index contributed by atoms with van der Waals surface area (Å²) in [4.78, 5) is 13.9. The summed E-state index contributed by atoms with van der Waals surface area (Å²) in [5, 5.41) is 4.50. The van der Waals surface area contributed by atoms with Crippen LogP contribution in [-0.2, 0) is 12.1 Å². The van der Waals surface area contributed by atoms with E-state index >= 15 is 0 Å². The number of aromatic nitrogens is 4. The van der Waals surface area contributed by atoms with Gasteiger partial charge in [0.25, 0.3) is 0 Å². The molecule has 0 N–H and O–H groups in total. The Bertz CT molecular complexity index is 692. The largest absolute Gasteiger partial charge is 0.353 e. The second-order valence-electron chi connectivity index (χ2n) is 7.65. The van der Waals surface area contributed by atoms with Crippen LogP contribution < -0.4 is 4.90 Å². The quantitative estimate of drug-likeness (QED) is 0.866. The SMILES string of the molecule is Cc1cnc(C)c(N2CCN(Cc3cnn(C(C)(C)C)c3)CC2)n1. The monoisotopic (exact) mass is 328 g/mol. The number of nitrogens with zero attached hydrogens (tertiary/aromatic N) is 6. The van der Waals surface area contributed by atoms with Crippen molar-refractivity contribution in [2.75, 3.05) is 31.1 Å². The topological polar surface area (TPSA) is 50.1 Å². The van der Waals surface area contributed by atoms with E-state index in [4.69, 9.17) is 0 Å². The van der Waals surface area contributed by atoms with E-state index in [0.717, 1.165) is 49.9 Å². The molecular weight excluding hydrogens is 300 g/mol. The van der Waals surface area contributed by atoms with Crippen molar-refractivity contribution >= 4 is 5.82 Å². The van der Waals surface area contributed by atoms with Crippen molar-refractivity contribution in [1.29, 1.82) is 0 Å². The van der Waals surface area contributed by atoms with Crippen molar-refractivity contribution in [3.8, 4) is 0 Å². The second-order valence-corrected chi connectivity index (χ2v) is 7.65. The summed E-state index contributed by atoms with van der Waals surface area (Å²) in [6.07, 6.45) is 6.00. The maximum atomic E-state index is 4.67. The van der Waals surface area contributed by atoms with Crippen LogP contribution in [0.3, 0.4) is 0 Å². The van der Waals surface area contributed by atoms with E-state index in [2.05, 4.69) is 51.8 Å². The highest BCUT2D eigenvalue weighted by Crippen LogP contribution is 2.19. The lowest BCUT2D eigenvalue weighted by molar-refractivity contribution is 0.248. The maximum absolute atomic E-state index is 4.67. The van der Waals surface area contributed by atoms with Gasteiger partial charge in [0.2, 0.25) is 0 Å². The van der Waals surface area contributed by atoms with Crippen molar-refractivity contribution in [3.63, 3.8) is 0 Å². The molecule has 6 nitrogen and oxygen atoms in total. The van der Waals surface area contributed by atoms with Gasteiger partial charge in [0.15, 0.2) is 0 Å². The minimum atomic E-state index is 0.0400. The third-order valence-electron chi connectivity index (χ3n) is 4.45. The third-order valence-corrected chi connectivity index (χ3v) is 4.45. The molecule has 6 heteroatoms. The van der Waals surface area contributed by atoms with E-state index in [1.807, 2.05) is 30.9 Å². The molecular formula is C18H28N6. The van der Waals surface area contributed by atoms with Crippen molar-refractivity contribution in [1.82, 2.24) is 24.6 Å². The van der Waals surface area contributed by atoms with Crippen LogP contribution in [0.5, 0.6) is 0 Å². The van der Waals surface area contributed by atoms with E-state index in [-0.39, 0.29) is 5.54 Å². The zero-order valence-electron chi connectivity index (χ0n) is 15.5. The van der Waals surface area contributed by atoms with Crippen molar-refractivity contribution < 1.29 is 0 Å². The average molecular weight is 328 g/mol. The number of piperazine rings is 1. The van der Waals surface area contributed by atoms with Crippen LogP contribution in [0.4, 0.5) is 5.82 Å². The summed E-state index contributed by atoms with van der Waals surface area (Å²) >= 11 is 0. The first kappa shape index (κ1) is 16.9. The van der Waals surface area contributed by atoms with Gasteiger partial charge in [-0.1, -0.05) is 0 Å². The van der Waals surface area contributed by atoms with Gasteiger partial charge in [-0.3, -0.25) is 14.6 Å². The summed E-state index contributed by atoms with van der Waals surface area (Å²) in [5.41, 5.74) is 3.32. The van der Waals surface area contributed by atoms with Gasteiger partial charge in [-0.2, -0.15) is 5.10 Å². The molecule has 0 aliphatic carbocycles. The minimum absolute atomic E-state index is 0.0400. The predicted molar refractivity (Wildman–Crippen MR) is 96.2 cm³/mol. The highest BCUT2D eigenvalue weighted by Gasteiger charge is 2.21. The summed E-state index contributed by atoms with van der Waals surface area (Å²) in [7, 11) is 0. The molecule has 1 fully saturated rings. The first-order valence-corrected chi connectivity index (χ1v) is 8.64. The van der Waals surface area contributed by atoms with Gasteiger partial charge in [0.1, 0.15) is 5.82 Å². The highest BCUT2D eigenvalue weighted by atomic mass is 15.3. The number of hydrogen-bond donors (Lipinski definition) is 0. The molecule has 0 unspecified atom stereocenters. The smallest absolute Gasteiger partial charge is 0.150 e. The highest BCUT2D eigenvalue weighted by molar-refractivity contribution is 5.43. The molecule has 2 aromatic heterocycles. The molecule has 1 aliphatic rings. The number of aryl methyl sites for hydroxylation is 2. The molecule has 1 aliphatic heterocycles. The zero-order valence-corrected chi connectivity index (χ0v) is 15.5. The molecule has 0 radical (unpaired) electrons. The van der Waals surface area contributed by atoms with Crippen molar-refractivity contribution in [3.05, 3.63) is 35.5 Å². The molecule has 24 heavy (non-hydrogen) atoms. The van der Waals surface area contributed by atoms with Crippen LogP contribution >= 0.6 is 0 Å². The molecule has 2 aromatic rings. The van der Waals surface area contributed by atoms with Crippen LogP contribution in [0, 0.1) is 13.8 Å². The van der Waals surface area contributed by atoms with E-state index in [0.29, 0.717) is 0 Å². The Morgan fingerprint density at radius 2 is 1.75 bits per heavy atom. The number of hydrogen-bond acceptors (Lipinski definition) is 5. The maximum Gasteiger partial charge on any atom is 0.150 e. The van der Waals surface area contributed by atoms with E-state index in [9.17, 15) is 0 Å². The van der Waals surface area contributed by atoms with Crippen molar-refractivity contribution in [2.45, 2.75) is 46.7 Å².